The van der Waals surface area contributed by atoms with Crippen LogP contribution < -0.4 is 0 Å². The number of ether oxygens (including phenoxy) is 7. The second-order valence-electron chi connectivity index (χ2n) is 8.78. The third kappa shape index (κ3) is 6.54. The van der Waals surface area contributed by atoms with E-state index in [9.17, 15) is 24.0 Å². The van der Waals surface area contributed by atoms with Gasteiger partial charge in [-0.2, -0.15) is 0 Å². The van der Waals surface area contributed by atoms with Gasteiger partial charge in [0.15, 0.2) is 18.3 Å². The van der Waals surface area contributed by atoms with Gasteiger partial charge in [0.05, 0.1) is 12.2 Å². The molecule has 3 aliphatic heterocycles. The molecule has 13 heteroatoms. The number of rotatable bonds is 8. The van der Waals surface area contributed by atoms with Crippen LogP contribution in [-0.2, 0) is 57.1 Å². The van der Waals surface area contributed by atoms with Crippen LogP contribution in [0.2, 0.25) is 0 Å². The molecule has 200 valence electrons. The Morgan fingerprint density at radius 3 is 1.75 bits per heavy atom. The van der Waals surface area contributed by atoms with Crippen molar-refractivity contribution in [1.29, 1.82) is 0 Å². The summed E-state index contributed by atoms with van der Waals surface area (Å²) in [4.78, 5) is 59.1. The summed E-state index contributed by atoms with van der Waals surface area (Å²) in [6.07, 6.45) is -5.86. The van der Waals surface area contributed by atoms with Crippen molar-refractivity contribution in [1.82, 2.24) is 0 Å². The zero-order valence-corrected chi connectivity index (χ0v) is 21.2. The van der Waals surface area contributed by atoms with E-state index in [0.717, 1.165) is 13.8 Å². The van der Waals surface area contributed by atoms with Crippen LogP contribution >= 0.6 is 11.6 Å². The molecule has 0 aromatic carbocycles. The fourth-order valence-electron chi connectivity index (χ4n) is 4.78. The quantitative estimate of drug-likeness (QED) is 0.323. The lowest BCUT2D eigenvalue weighted by atomic mass is 9.82. The SMILES string of the molecule is CC(=O)OC[C@H]1O[C@H](C[C@H]2[C@@H](OC(C)=O)[C@@H]3O[C@H]2C=C3Cl)[C@@H](OC(C)=O)[C@@H](OC(C)=O)[C@@H]1OC(C)=O. The topological polar surface area (TPSA) is 150 Å². The van der Waals surface area contributed by atoms with E-state index < -0.39 is 84.6 Å². The third-order valence-corrected chi connectivity index (χ3v) is 6.28. The van der Waals surface area contributed by atoms with Crippen molar-refractivity contribution < 1.29 is 57.1 Å². The molecule has 0 aromatic heterocycles. The lowest BCUT2D eigenvalue weighted by Crippen LogP contribution is -2.63. The molecule has 0 radical (unpaired) electrons. The number of carbonyl (C=O) groups is 5. The van der Waals surface area contributed by atoms with Crippen LogP contribution in [0.25, 0.3) is 0 Å². The summed E-state index contributed by atoms with van der Waals surface area (Å²) < 4.78 is 38.9. The maximum Gasteiger partial charge on any atom is 0.303 e. The van der Waals surface area contributed by atoms with E-state index in [2.05, 4.69) is 0 Å². The van der Waals surface area contributed by atoms with E-state index in [1.54, 1.807) is 6.08 Å². The van der Waals surface area contributed by atoms with Gasteiger partial charge in [-0.15, -0.1) is 0 Å². The van der Waals surface area contributed by atoms with Gasteiger partial charge in [0, 0.05) is 45.6 Å². The predicted molar refractivity (Wildman–Crippen MR) is 118 cm³/mol. The van der Waals surface area contributed by atoms with Crippen LogP contribution in [-0.4, -0.2) is 85.3 Å². The molecule has 2 bridgehead atoms. The van der Waals surface area contributed by atoms with E-state index in [4.69, 9.17) is 44.8 Å². The third-order valence-electron chi connectivity index (χ3n) is 5.93. The number of carbonyl (C=O) groups excluding carboxylic acids is 5. The smallest absolute Gasteiger partial charge is 0.303 e. The van der Waals surface area contributed by atoms with Crippen molar-refractivity contribution in [2.75, 3.05) is 6.61 Å². The minimum atomic E-state index is -1.28. The molecule has 0 spiro atoms. The molecule has 36 heavy (non-hydrogen) atoms. The molecular weight excluding hydrogens is 504 g/mol. The molecule has 3 heterocycles. The highest BCUT2D eigenvalue weighted by atomic mass is 35.5. The van der Waals surface area contributed by atoms with Crippen molar-refractivity contribution in [2.45, 2.75) is 89.9 Å². The second-order valence-corrected chi connectivity index (χ2v) is 9.22. The minimum Gasteiger partial charge on any atom is -0.463 e. The molecule has 3 rings (SSSR count). The average molecular weight is 533 g/mol. The number of halogens is 1. The summed E-state index contributed by atoms with van der Waals surface area (Å²) >= 11 is 6.22. The Bertz CT molecular complexity index is 932. The van der Waals surface area contributed by atoms with E-state index in [-0.39, 0.29) is 13.0 Å². The van der Waals surface area contributed by atoms with Gasteiger partial charge in [-0.25, -0.2) is 0 Å². The predicted octanol–water partition coefficient (Wildman–Crippen LogP) is 0.954. The van der Waals surface area contributed by atoms with Crippen molar-refractivity contribution in [3.8, 4) is 0 Å². The van der Waals surface area contributed by atoms with Gasteiger partial charge < -0.3 is 33.2 Å². The normalized spacial score (nSPS) is 34.8. The molecule has 2 fully saturated rings. The van der Waals surface area contributed by atoms with Crippen molar-refractivity contribution >= 4 is 41.4 Å². The maximum atomic E-state index is 12.0. The first-order valence-corrected chi connectivity index (χ1v) is 11.8. The molecular formula is C23H29ClO12. The van der Waals surface area contributed by atoms with Gasteiger partial charge in [0.25, 0.3) is 0 Å². The van der Waals surface area contributed by atoms with Gasteiger partial charge in [0.1, 0.15) is 24.9 Å². The number of hydrogen-bond acceptors (Lipinski definition) is 12. The summed E-state index contributed by atoms with van der Waals surface area (Å²) in [6.45, 7) is 5.58. The second kappa shape index (κ2) is 11.6. The molecule has 0 aromatic rings. The Balaban J connectivity index is 1.96. The zero-order chi connectivity index (χ0) is 26.7. The number of esters is 5. The van der Waals surface area contributed by atoms with Crippen LogP contribution in [0.15, 0.2) is 11.1 Å². The van der Waals surface area contributed by atoms with Gasteiger partial charge in [-0.05, 0) is 12.5 Å². The standard InChI is InChI=1S/C23H29ClO12/c1-9(25)30-8-18-22(33-12(4)28)23(34-13(5)29)21(32-11(3)27)17(35-18)6-14-16-7-15(24)20(36-16)19(14)31-10(2)26/h7,14,16-23H,6,8H2,1-5H3/t14-,16+,17-,18-,19-,20-,21-,22-,23-/m1/s1. The Kier molecular flexibility index (Phi) is 8.96. The molecule has 0 N–H and O–H groups in total. The average Bonchev–Trinajstić information content (AvgIpc) is 3.27. The van der Waals surface area contributed by atoms with Crippen LogP contribution in [0.4, 0.5) is 0 Å². The fourth-order valence-corrected chi connectivity index (χ4v) is 5.08. The molecule has 0 aliphatic carbocycles. The van der Waals surface area contributed by atoms with Crippen molar-refractivity contribution in [2.24, 2.45) is 5.92 Å². The van der Waals surface area contributed by atoms with E-state index in [1.807, 2.05) is 0 Å². The molecule has 0 amide bonds. The molecule has 9 atom stereocenters. The van der Waals surface area contributed by atoms with Crippen LogP contribution in [0.1, 0.15) is 41.0 Å². The first kappa shape index (κ1) is 27.9. The highest BCUT2D eigenvalue weighted by molar-refractivity contribution is 6.30. The molecule has 3 aliphatic rings. The van der Waals surface area contributed by atoms with Crippen LogP contribution in [0.5, 0.6) is 0 Å². The maximum absolute atomic E-state index is 12.0. The Morgan fingerprint density at radius 1 is 0.722 bits per heavy atom. The first-order valence-electron chi connectivity index (χ1n) is 11.4. The molecule has 12 nitrogen and oxygen atoms in total. The Morgan fingerprint density at radius 2 is 1.22 bits per heavy atom. The highest BCUT2D eigenvalue weighted by Crippen LogP contribution is 2.45. The molecule has 0 unspecified atom stereocenters. The van der Waals surface area contributed by atoms with Gasteiger partial charge >= 0.3 is 29.8 Å². The summed E-state index contributed by atoms with van der Waals surface area (Å²) in [7, 11) is 0. The Hall–Kier alpha value is -2.70. The van der Waals surface area contributed by atoms with Crippen LogP contribution in [0, 0.1) is 5.92 Å². The van der Waals surface area contributed by atoms with Crippen molar-refractivity contribution in [3.63, 3.8) is 0 Å². The van der Waals surface area contributed by atoms with E-state index in [0.29, 0.717) is 5.03 Å². The van der Waals surface area contributed by atoms with Crippen molar-refractivity contribution in [3.05, 3.63) is 11.1 Å². The lowest BCUT2D eigenvalue weighted by Gasteiger charge is -2.45. The van der Waals surface area contributed by atoms with Crippen LogP contribution in [0.3, 0.4) is 0 Å². The van der Waals surface area contributed by atoms with Gasteiger partial charge in [0.2, 0.25) is 0 Å². The zero-order valence-electron chi connectivity index (χ0n) is 20.5. The van der Waals surface area contributed by atoms with E-state index >= 15 is 0 Å². The minimum absolute atomic E-state index is 0.110. The Labute approximate surface area is 212 Å². The highest BCUT2D eigenvalue weighted by Gasteiger charge is 2.57. The molecule has 0 saturated carbocycles. The summed E-state index contributed by atoms with van der Waals surface area (Å²) in [5.41, 5.74) is 0. The summed E-state index contributed by atoms with van der Waals surface area (Å²) in [5.74, 6) is -3.75. The lowest BCUT2D eigenvalue weighted by molar-refractivity contribution is -0.255. The first-order chi connectivity index (χ1) is 16.9. The van der Waals surface area contributed by atoms with Gasteiger partial charge in [-0.3, -0.25) is 24.0 Å². The van der Waals surface area contributed by atoms with E-state index in [1.165, 1.54) is 20.8 Å². The monoisotopic (exact) mass is 532 g/mol. The fraction of sp³-hybridized carbons (Fsp3) is 0.696. The molecule has 2 saturated heterocycles. The number of hydrogen-bond donors (Lipinski definition) is 0. The summed E-state index contributed by atoms with van der Waals surface area (Å²) in [6, 6.07) is 0. The number of fused-ring (bicyclic) bond motifs is 2. The van der Waals surface area contributed by atoms with Gasteiger partial charge in [-0.1, -0.05) is 11.6 Å². The summed E-state index contributed by atoms with van der Waals surface area (Å²) in [5, 5.41) is 0.407. The largest absolute Gasteiger partial charge is 0.463 e.